The van der Waals surface area contributed by atoms with E-state index in [2.05, 4.69) is 50.6 Å². The van der Waals surface area contributed by atoms with Gasteiger partial charge in [-0.15, -0.1) is 11.3 Å². The first-order chi connectivity index (χ1) is 20.2. The van der Waals surface area contributed by atoms with Crippen molar-refractivity contribution in [1.29, 1.82) is 5.26 Å². The Hall–Kier alpha value is -3.73. The van der Waals surface area contributed by atoms with Gasteiger partial charge in [0.15, 0.2) is 0 Å². The van der Waals surface area contributed by atoms with E-state index in [1.165, 1.54) is 11.9 Å². The first-order valence-corrected chi connectivity index (χ1v) is 14.7. The topological polar surface area (TPSA) is 108 Å². The third-order valence-corrected chi connectivity index (χ3v) is 9.06. The molecule has 4 aromatic rings. The SMILES string of the molecule is Cc1c(CN2CCC(Nc3ncnc4sc(CC(F)(F)F)cc34)CC2)ccc2c1cc(C#N)n2C[C@H]1CNC(=O)CO1. The number of rotatable bonds is 7. The molecule has 2 N–H and O–H groups in total. The highest BCUT2D eigenvalue weighted by atomic mass is 32.1. The van der Waals surface area contributed by atoms with Gasteiger partial charge in [-0.05, 0) is 49.1 Å². The summed E-state index contributed by atoms with van der Waals surface area (Å²) < 4.78 is 46.3. The number of ether oxygens (including phenoxy) is 1. The number of carbonyl (C=O) groups is 1. The van der Waals surface area contributed by atoms with Crippen molar-refractivity contribution < 1.29 is 22.7 Å². The molecule has 1 atom stereocenters. The summed E-state index contributed by atoms with van der Waals surface area (Å²) in [4.78, 5) is 23.1. The van der Waals surface area contributed by atoms with E-state index in [1.807, 2.05) is 10.6 Å². The van der Waals surface area contributed by atoms with Crippen LogP contribution in [0, 0.1) is 18.3 Å². The van der Waals surface area contributed by atoms with Crippen LogP contribution in [0.3, 0.4) is 0 Å². The molecule has 1 amide bonds. The van der Waals surface area contributed by atoms with Crippen LogP contribution in [0.2, 0.25) is 0 Å². The first-order valence-electron chi connectivity index (χ1n) is 13.9. The Morgan fingerprint density at radius 1 is 1.21 bits per heavy atom. The van der Waals surface area contributed by atoms with Crippen LogP contribution >= 0.6 is 11.3 Å². The van der Waals surface area contributed by atoms with Gasteiger partial charge in [0.05, 0.1) is 24.5 Å². The molecule has 0 saturated carbocycles. The molecule has 0 bridgehead atoms. The van der Waals surface area contributed by atoms with Crippen molar-refractivity contribution in [3.05, 3.63) is 52.3 Å². The summed E-state index contributed by atoms with van der Waals surface area (Å²) in [5.41, 5.74) is 3.87. The van der Waals surface area contributed by atoms with Crippen LogP contribution in [0.25, 0.3) is 21.1 Å². The van der Waals surface area contributed by atoms with E-state index >= 15 is 0 Å². The second-order valence-corrected chi connectivity index (χ2v) is 12.0. The molecule has 5 heterocycles. The Balaban J connectivity index is 1.10. The van der Waals surface area contributed by atoms with E-state index in [9.17, 15) is 23.2 Å². The van der Waals surface area contributed by atoms with Gasteiger partial charge in [0.25, 0.3) is 0 Å². The van der Waals surface area contributed by atoms with Crippen molar-refractivity contribution in [3.8, 4) is 6.07 Å². The minimum absolute atomic E-state index is 0.0292. The number of fused-ring (bicyclic) bond motifs is 2. The molecule has 42 heavy (non-hydrogen) atoms. The number of amides is 1. The fourth-order valence-electron chi connectivity index (χ4n) is 5.81. The summed E-state index contributed by atoms with van der Waals surface area (Å²) in [6.07, 6.45) is -2.27. The molecule has 2 saturated heterocycles. The van der Waals surface area contributed by atoms with Crippen LogP contribution < -0.4 is 10.6 Å². The van der Waals surface area contributed by atoms with Crippen LogP contribution in [0.4, 0.5) is 19.0 Å². The highest BCUT2D eigenvalue weighted by Crippen LogP contribution is 2.33. The lowest BCUT2D eigenvalue weighted by Crippen LogP contribution is -2.44. The Morgan fingerprint density at radius 3 is 2.74 bits per heavy atom. The van der Waals surface area contributed by atoms with Gasteiger partial charge in [0.2, 0.25) is 5.91 Å². The number of likely N-dealkylation sites (tertiary alicyclic amines) is 1. The Kier molecular flexibility index (Phi) is 7.78. The molecule has 9 nitrogen and oxygen atoms in total. The number of hydrogen-bond acceptors (Lipinski definition) is 8. The van der Waals surface area contributed by atoms with Crippen LogP contribution in [-0.4, -0.2) is 69.9 Å². The van der Waals surface area contributed by atoms with E-state index < -0.39 is 12.6 Å². The Morgan fingerprint density at radius 2 is 2.02 bits per heavy atom. The number of nitriles is 1. The van der Waals surface area contributed by atoms with Gasteiger partial charge in [-0.3, -0.25) is 9.69 Å². The number of nitrogens with one attached hydrogen (secondary N) is 2. The lowest BCUT2D eigenvalue weighted by Gasteiger charge is -2.33. The summed E-state index contributed by atoms with van der Waals surface area (Å²) in [6, 6.07) is 10.1. The van der Waals surface area contributed by atoms with Crippen LogP contribution in [0.1, 0.15) is 34.5 Å². The number of alkyl halides is 3. The molecule has 2 fully saturated rings. The van der Waals surface area contributed by atoms with E-state index in [-0.39, 0.29) is 29.5 Å². The molecular formula is C29H30F3N7O2S. The van der Waals surface area contributed by atoms with Gasteiger partial charge in [-0.1, -0.05) is 6.07 Å². The van der Waals surface area contributed by atoms with E-state index in [1.54, 1.807) is 6.07 Å². The lowest BCUT2D eigenvalue weighted by atomic mass is 10.0. The molecule has 0 radical (unpaired) electrons. The number of nitrogens with zero attached hydrogens (tertiary/aromatic N) is 5. The predicted octanol–water partition coefficient (Wildman–Crippen LogP) is 4.52. The normalized spacial score (nSPS) is 18.8. The number of hydrogen-bond donors (Lipinski definition) is 2. The standard InChI is InChI=1S/C29H30F3N7O2S/c1-17-18(2-3-25-23(17)8-20(11-33)39(25)14-21-12-34-26(40)15-41-21)13-38-6-4-19(5-7-38)37-27-24-9-22(10-29(30,31)32)42-28(24)36-16-35-27/h2-3,8-9,16,19,21H,4-7,10,12-15H2,1H3,(H,34,40)(H,35,36,37)/t21-/m1/s1. The molecule has 2 aliphatic rings. The van der Waals surface area contributed by atoms with Gasteiger partial charge in [0, 0.05) is 48.0 Å². The maximum atomic E-state index is 12.9. The second kappa shape index (κ2) is 11.5. The van der Waals surface area contributed by atoms with Gasteiger partial charge in [-0.2, -0.15) is 18.4 Å². The molecule has 220 valence electrons. The second-order valence-electron chi connectivity index (χ2n) is 10.9. The summed E-state index contributed by atoms with van der Waals surface area (Å²) in [6.45, 7) is 5.52. The largest absolute Gasteiger partial charge is 0.393 e. The maximum absolute atomic E-state index is 12.9. The number of morpholine rings is 1. The molecule has 3 aromatic heterocycles. The molecule has 13 heteroatoms. The number of anilines is 1. The first kappa shape index (κ1) is 28.4. The van der Waals surface area contributed by atoms with E-state index in [0.29, 0.717) is 34.8 Å². The summed E-state index contributed by atoms with van der Waals surface area (Å²) in [7, 11) is 0. The van der Waals surface area contributed by atoms with Gasteiger partial charge >= 0.3 is 6.18 Å². The van der Waals surface area contributed by atoms with Gasteiger partial charge in [-0.25, -0.2) is 9.97 Å². The van der Waals surface area contributed by atoms with Crippen molar-refractivity contribution in [2.45, 2.75) is 57.6 Å². The lowest BCUT2D eigenvalue weighted by molar-refractivity contribution is -0.133. The van der Waals surface area contributed by atoms with Crippen molar-refractivity contribution >= 4 is 44.2 Å². The molecule has 0 aliphatic carbocycles. The van der Waals surface area contributed by atoms with Crippen LogP contribution in [0.5, 0.6) is 0 Å². The number of benzene rings is 1. The van der Waals surface area contributed by atoms with E-state index in [4.69, 9.17) is 4.74 Å². The minimum atomic E-state index is -4.26. The average molecular weight is 598 g/mol. The van der Waals surface area contributed by atoms with Crippen molar-refractivity contribution in [3.63, 3.8) is 0 Å². The fourth-order valence-corrected chi connectivity index (χ4v) is 6.84. The van der Waals surface area contributed by atoms with Crippen LogP contribution in [-0.2, 0) is 29.0 Å². The molecule has 1 aromatic carbocycles. The van der Waals surface area contributed by atoms with Crippen LogP contribution in [0.15, 0.2) is 30.6 Å². The smallest absolute Gasteiger partial charge is 0.367 e. The third-order valence-electron chi connectivity index (χ3n) is 8.02. The zero-order chi connectivity index (χ0) is 29.4. The highest BCUT2D eigenvalue weighted by Gasteiger charge is 2.29. The molecular weight excluding hydrogens is 567 g/mol. The Labute approximate surface area is 244 Å². The number of piperidine rings is 1. The third kappa shape index (κ3) is 6.06. The summed E-state index contributed by atoms with van der Waals surface area (Å²) in [5, 5.41) is 17.7. The monoisotopic (exact) mass is 597 g/mol. The van der Waals surface area contributed by atoms with E-state index in [0.717, 1.165) is 60.3 Å². The molecule has 6 rings (SSSR count). The molecule has 0 spiro atoms. The van der Waals surface area contributed by atoms with Crippen molar-refractivity contribution in [1.82, 2.24) is 24.8 Å². The quantitative estimate of drug-likeness (QED) is 0.323. The van der Waals surface area contributed by atoms with Gasteiger partial charge < -0.3 is 19.9 Å². The number of carbonyl (C=O) groups excluding carboxylic acids is 1. The number of aryl methyl sites for hydroxylation is 1. The average Bonchev–Trinajstić information content (AvgIpc) is 3.53. The fraction of sp³-hybridized carbons (Fsp3) is 0.448. The number of thiophene rings is 1. The summed E-state index contributed by atoms with van der Waals surface area (Å²) >= 11 is 1.06. The minimum Gasteiger partial charge on any atom is -0.367 e. The zero-order valence-corrected chi connectivity index (χ0v) is 23.8. The molecule has 2 aliphatic heterocycles. The number of halogens is 3. The highest BCUT2D eigenvalue weighted by molar-refractivity contribution is 7.18. The van der Waals surface area contributed by atoms with Gasteiger partial charge in [0.1, 0.15) is 35.3 Å². The Bertz CT molecular complexity index is 1660. The maximum Gasteiger partial charge on any atom is 0.393 e. The van der Waals surface area contributed by atoms with Crippen molar-refractivity contribution in [2.75, 3.05) is 31.6 Å². The summed E-state index contributed by atoms with van der Waals surface area (Å²) in [5.74, 6) is 0.458. The zero-order valence-electron chi connectivity index (χ0n) is 23.0. The predicted molar refractivity (Wildman–Crippen MR) is 153 cm³/mol. The number of aromatic nitrogens is 3. The molecule has 0 unspecified atom stereocenters. The van der Waals surface area contributed by atoms with Crippen molar-refractivity contribution in [2.24, 2.45) is 0 Å².